The summed E-state index contributed by atoms with van der Waals surface area (Å²) in [6.07, 6.45) is 5.70. The predicted octanol–water partition coefficient (Wildman–Crippen LogP) is 7.07. The molecule has 3 aromatic carbocycles. The fraction of sp³-hybridized carbons (Fsp3) is 0.333. The Morgan fingerprint density at radius 2 is 1.63 bits per heavy atom. The van der Waals surface area contributed by atoms with Crippen LogP contribution in [0.3, 0.4) is 0 Å². The van der Waals surface area contributed by atoms with E-state index in [-0.39, 0.29) is 31.0 Å². The van der Waals surface area contributed by atoms with Crippen LogP contribution in [0.15, 0.2) is 72.8 Å². The van der Waals surface area contributed by atoms with Crippen molar-refractivity contribution in [1.82, 2.24) is 10.2 Å². The molecule has 200 valence electrons. The first kappa shape index (κ1) is 28.7. The molecule has 38 heavy (non-hydrogen) atoms. The van der Waals surface area contributed by atoms with E-state index in [9.17, 15) is 9.59 Å². The number of carbonyl (C=O) groups is 2. The number of rotatable bonds is 10. The van der Waals surface area contributed by atoms with Crippen molar-refractivity contribution in [1.29, 1.82) is 0 Å². The molecule has 4 rings (SSSR count). The van der Waals surface area contributed by atoms with Gasteiger partial charge >= 0.3 is 0 Å². The fourth-order valence-electron chi connectivity index (χ4n) is 4.69. The second kappa shape index (κ2) is 14.2. The van der Waals surface area contributed by atoms with Crippen molar-refractivity contribution in [3.05, 3.63) is 97.5 Å². The predicted molar refractivity (Wildman–Crippen MR) is 161 cm³/mol. The Bertz CT molecular complexity index is 1220. The zero-order chi connectivity index (χ0) is 26.9. The Labute approximate surface area is 248 Å². The molecule has 8 heteroatoms. The van der Waals surface area contributed by atoms with E-state index in [4.69, 9.17) is 27.9 Å². The van der Waals surface area contributed by atoms with Crippen molar-refractivity contribution in [2.75, 3.05) is 6.61 Å². The van der Waals surface area contributed by atoms with Gasteiger partial charge in [0, 0.05) is 22.6 Å². The minimum absolute atomic E-state index is 0.125. The van der Waals surface area contributed by atoms with Gasteiger partial charge in [-0.25, -0.2) is 0 Å². The lowest BCUT2D eigenvalue weighted by molar-refractivity contribution is -0.143. The first-order chi connectivity index (χ1) is 18.4. The Balaban J connectivity index is 1.62. The van der Waals surface area contributed by atoms with Gasteiger partial charge in [0.2, 0.25) is 5.91 Å². The summed E-state index contributed by atoms with van der Waals surface area (Å²) in [6.45, 7) is 0.00523. The highest BCUT2D eigenvalue weighted by Gasteiger charge is 2.32. The molecule has 1 N–H and O–H groups in total. The number of benzene rings is 3. The molecule has 1 aliphatic carbocycles. The summed E-state index contributed by atoms with van der Waals surface area (Å²) < 4.78 is 6.91. The SMILES string of the molecule is O=C(NC1CCCCC1)C(Cc1ccccc1)N(Cc1ccc(Cl)c(Cl)c1)C(=O)COc1ccc(I)cc1. The summed E-state index contributed by atoms with van der Waals surface area (Å²) in [5.41, 5.74) is 1.76. The lowest BCUT2D eigenvalue weighted by Gasteiger charge is -2.33. The lowest BCUT2D eigenvalue weighted by atomic mass is 9.94. The van der Waals surface area contributed by atoms with E-state index in [0.717, 1.165) is 40.4 Å². The van der Waals surface area contributed by atoms with Crippen LogP contribution in [0.25, 0.3) is 0 Å². The lowest BCUT2D eigenvalue weighted by Crippen LogP contribution is -2.53. The third kappa shape index (κ3) is 8.35. The Hall–Kier alpha value is -2.29. The number of hydrogen-bond acceptors (Lipinski definition) is 3. The zero-order valence-electron chi connectivity index (χ0n) is 21.0. The van der Waals surface area contributed by atoms with Crippen LogP contribution in [0.4, 0.5) is 0 Å². The van der Waals surface area contributed by atoms with Gasteiger partial charge in [0.25, 0.3) is 5.91 Å². The number of halogens is 3. The average molecular weight is 665 g/mol. The van der Waals surface area contributed by atoms with Crippen LogP contribution >= 0.6 is 45.8 Å². The standard InChI is InChI=1S/C30H31Cl2IN2O3/c31-26-16-11-22(17-27(26)32)19-35(29(36)20-38-25-14-12-23(33)13-15-25)28(18-21-7-3-1-4-8-21)30(37)34-24-9-5-2-6-10-24/h1,3-4,7-8,11-17,24,28H,2,5-6,9-10,18-20H2,(H,34,37). The molecule has 1 atom stereocenters. The van der Waals surface area contributed by atoms with Crippen molar-refractivity contribution in [2.45, 2.75) is 57.2 Å². The molecule has 0 saturated heterocycles. The van der Waals surface area contributed by atoms with Crippen LogP contribution in [0.5, 0.6) is 5.75 Å². The summed E-state index contributed by atoms with van der Waals surface area (Å²) in [5, 5.41) is 4.08. The summed E-state index contributed by atoms with van der Waals surface area (Å²) >= 11 is 14.7. The molecule has 0 heterocycles. The van der Waals surface area contributed by atoms with Crippen LogP contribution in [-0.2, 0) is 22.6 Å². The van der Waals surface area contributed by atoms with E-state index in [0.29, 0.717) is 22.2 Å². The molecule has 5 nitrogen and oxygen atoms in total. The minimum Gasteiger partial charge on any atom is -0.484 e. The van der Waals surface area contributed by atoms with Crippen molar-refractivity contribution >= 4 is 57.6 Å². The maximum absolute atomic E-state index is 13.8. The van der Waals surface area contributed by atoms with E-state index in [2.05, 4.69) is 27.9 Å². The van der Waals surface area contributed by atoms with Crippen molar-refractivity contribution in [2.24, 2.45) is 0 Å². The van der Waals surface area contributed by atoms with E-state index in [1.54, 1.807) is 17.0 Å². The van der Waals surface area contributed by atoms with Crippen molar-refractivity contribution in [3.63, 3.8) is 0 Å². The highest BCUT2D eigenvalue weighted by molar-refractivity contribution is 14.1. The van der Waals surface area contributed by atoms with E-state index in [1.807, 2.05) is 60.7 Å². The second-order valence-electron chi connectivity index (χ2n) is 9.56. The maximum Gasteiger partial charge on any atom is 0.261 e. The number of nitrogens with zero attached hydrogens (tertiary/aromatic N) is 1. The molecule has 1 unspecified atom stereocenters. The number of ether oxygens (including phenoxy) is 1. The first-order valence-electron chi connectivity index (χ1n) is 12.8. The van der Waals surface area contributed by atoms with Gasteiger partial charge in [0.15, 0.2) is 6.61 Å². The summed E-state index contributed by atoms with van der Waals surface area (Å²) in [7, 11) is 0. The molecule has 0 aliphatic heterocycles. The molecule has 0 aromatic heterocycles. The van der Waals surface area contributed by atoms with Crippen LogP contribution in [-0.4, -0.2) is 35.4 Å². The maximum atomic E-state index is 13.8. The van der Waals surface area contributed by atoms with Gasteiger partial charge in [0.1, 0.15) is 11.8 Å². The topological polar surface area (TPSA) is 58.6 Å². The zero-order valence-corrected chi connectivity index (χ0v) is 24.7. The second-order valence-corrected chi connectivity index (χ2v) is 11.6. The van der Waals surface area contributed by atoms with Crippen molar-refractivity contribution in [3.8, 4) is 5.75 Å². The minimum atomic E-state index is -0.721. The quantitative estimate of drug-likeness (QED) is 0.236. The average Bonchev–Trinajstić information content (AvgIpc) is 2.93. The van der Waals surface area contributed by atoms with E-state index < -0.39 is 6.04 Å². The Morgan fingerprint density at radius 1 is 0.921 bits per heavy atom. The molecule has 0 spiro atoms. The Kier molecular flexibility index (Phi) is 10.7. The molecule has 2 amide bonds. The van der Waals surface area contributed by atoms with Gasteiger partial charge < -0.3 is 15.0 Å². The molecule has 3 aromatic rings. The highest BCUT2D eigenvalue weighted by atomic mass is 127. The molecular formula is C30H31Cl2IN2O3. The van der Waals surface area contributed by atoms with Gasteiger partial charge in [-0.2, -0.15) is 0 Å². The molecule has 0 radical (unpaired) electrons. The third-order valence-corrected chi connectivity index (χ3v) is 8.19. The smallest absolute Gasteiger partial charge is 0.261 e. The van der Waals surface area contributed by atoms with E-state index in [1.165, 1.54) is 6.42 Å². The van der Waals surface area contributed by atoms with Crippen LogP contribution < -0.4 is 10.1 Å². The van der Waals surface area contributed by atoms with Gasteiger partial charge in [0.05, 0.1) is 10.0 Å². The molecule has 0 bridgehead atoms. The number of hydrogen-bond donors (Lipinski definition) is 1. The normalized spacial score (nSPS) is 14.5. The first-order valence-corrected chi connectivity index (χ1v) is 14.7. The van der Waals surface area contributed by atoms with Crippen molar-refractivity contribution < 1.29 is 14.3 Å². The monoisotopic (exact) mass is 664 g/mol. The van der Waals surface area contributed by atoms with E-state index >= 15 is 0 Å². The summed E-state index contributed by atoms with van der Waals surface area (Å²) in [5.74, 6) is 0.164. The molecule has 1 saturated carbocycles. The molecular weight excluding hydrogens is 634 g/mol. The third-order valence-electron chi connectivity index (χ3n) is 6.74. The number of nitrogens with one attached hydrogen (secondary N) is 1. The van der Waals surface area contributed by atoms with Gasteiger partial charge in [-0.1, -0.05) is 78.9 Å². The molecule has 1 aliphatic rings. The van der Waals surface area contributed by atoms with Crippen LogP contribution in [0.1, 0.15) is 43.2 Å². The summed E-state index contributed by atoms with van der Waals surface area (Å²) in [4.78, 5) is 29.1. The highest BCUT2D eigenvalue weighted by Crippen LogP contribution is 2.25. The van der Waals surface area contributed by atoms with Gasteiger partial charge in [-0.05, 0) is 83.0 Å². The number of amides is 2. The van der Waals surface area contributed by atoms with Gasteiger partial charge in [-0.3, -0.25) is 9.59 Å². The van der Waals surface area contributed by atoms with Crippen LogP contribution in [0.2, 0.25) is 10.0 Å². The van der Waals surface area contributed by atoms with Crippen LogP contribution in [0, 0.1) is 3.57 Å². The molecule has 1 fully saturated rings. The summed E-state index contributed by atoms with van der Waals surface area (Å²) in [6, 6.07) is 21.9. The fourth-order valence-corrected chi connectivity index (χ4v) is 5.37. The van der Waals surface area contributed by atoms with Gasteiger partial charge in [-0.15, -0.1) is 0 Å². The number of carbonyl (C=O) groups excluding carboxylic acids is 2. The largest absolute Gasteiger partial charge is 0.484 e. The Morgan fingerprint density at radius 3 is 2.32 bits per heavy atom.